The third-order valence-corrected chi connectivity index (χ3v) is 4.13. The summed E-state index contributed by atoms with van der Waals surface area (Å²) < 4.78 is 0. The highest BCUT2D eigenvalue weighted by Gasteiger charge is 2.30. The number of rotatable bonds is 7. The second-order valence-corrected chi connectivity index (χ2v) is 6.71. The van der Waals surface area contributed by atoms with Gasteiger partial charge >= 0.3 is 0 Å². The molecule has 0 bridgehead atoms. The van der Waals surface area contributed by atoms with Crippen LogP contribution in [0.2, 0.25) is 0 Å². The summed E-state index contributed by atoms with van der Waals surface area (Å²) in [5.74, 6) is 0.209. The van der Waals surface area contributed by atoms with Crippen LogP contribution in [0.15, 0.2) is 0 Å². The van der Waals surface area contributed by atoms with E-state index in [1.54, 1.807) is 6.92 Å². The van der Waals surface area contributed by atoms with Crippen molar-refractivity contribution in [2.75, 3.05) is 13.1 Å². The van der Waals surface area contributed by atoms with E-state index in [0.29, 0.717) is 19.1 Å². The van der Waals surface area contributed by atoms with Gasteiger partial charge in [-0.2, -0.15) is 0 Å². The SMILES string of the molecule is CC(O)CN(CC(=O)N(C(C)C)C1CCCC1)C(C)C. The van der Waals surface area contributed by atoms with Crippen molar-refractivity contribution in [2.24, 2.45) is 0 Å². The molecule has 1 rings (SSSR count). The van der Waals surface area contributed by atoms with E-state index in [4.69, 9.17) is 0 Å². The molecule has 1 saturated carbocycles. The van der Waals surface area contributed by atoms with Crippen molar-refractivity contribution in [3.05, 3.63) is 0 Å². The number of nitrogens with zero attached hydrogens (tertiary/aromatic N) is 2. The van der Waals surface area contributed by atoms with E-state index in [2.05, 4.69) is 37.5 Å². The van der Waals surface area contributed by atoms with Crippen molar-refractivity contribution in [2.45, 2.75) is 84.5 Å². The average molecular weight is 284 g/mol. The minimum atomic E-state index is -0.399. The summed E-state index contributed by atoms with van der Waals surface area (Å²) in [4.78, 5) is 16.8. The maximum absolute atomic E-state index is 12.7. The van der Waals surface area contributed by atoms with E-state index in [9.17, 15) is 9.90 Å². The normalized spacial score (nSPS) is 18.2. The number of hydrogen-bond donors (Lipinski definition) is 1. The van der Waals surface area contributed by atoms with Crippen molar-refractivity contribution in [1.29, 1.82) is 0 Å². The van der Waals surface area contributed by atoms with Gasteiger partial charge in [-0.05, 0) is 47.5 Å². The Kier molecular flexibility index (Phi) is 6.96. The summed E-state index contributed by atoms with van der Waals surface area (Å²) in [6.07, 6.45) is 4.36. The molecule has 0 heterocycles. The molecule has 1 aliphatic rings. The van der Waals surface area contributed by atoms with Gasteiger partial charge in [0.1, 0.15) is 0 Å². The van der Waals surface area contributed by atoms with Gasteiger partial charge in [-0.1, -0.05) is 12.8 Å². The highest BCUT2D eigenvalue weighted by molar-refractivity contribution is 5.79. The highest BCUT2D eigenvalue weighted by Crippen LogP contribution is 2.25. The van der Waals surface area contributed by atoms with E-state index < -0.39 is 6.10 Å². The van der Waals surface area contributed by atoms with E-state index in [1.807, 2.05) is 0 Å². The Balaban J connectivity index is 2.68. The second kappa shape index (κ2) is 7.99. The number of amides is 1. The van der Waals surface area contributed by atoms with Crippen LogP contribution in [0.3, 0.4) is 0 Å². The molecule has 1 amide bonds. The molecule has 4 nitrogen and oxygen atoms in total. The molecule has 0 aliphatic heterocycles. The fraction of sp³-hybridized carbons (Fsp3) is 0.938. The van der Waals surface area contributed by atoms with Gasteiger partial charge in [-0.25, -0.2) is 0 Å². The first-order valence-electron chi connectivity index (χ1n) is 8.06. The highest BCUT2D eigenvalue weighted by atomic mass is 16.3. The Bertz CT molecular complexity index is 297. The van der Waals surface area contributed by atoms with E-state index in [1.165, 1.54) is 12.8 Å². The maximum Gasteiger partial charge on any atom is 0.237 e. The van der Waals surface area contributed by atoms with Gasteiger partial charge < -0.3 is 10.0 Å². The molecule has 20 heavy (non-hydrogen) atoms. The van der Waals surface area contributed by atoms with Crippen LogP contribution in [0.5, 0.6) is 0 Å². The fourth-order valence-corrected chi connectivity index (χ4v) is 3.15. The van der Waals surface area contributed by atoms with Crippen molar-refractivity contribution < 1.29 is 9.90 Å². The molecule has 0 radical (unpaired) electrons. The van der Waals surface area contributed by atoms with Gasteiger partial charge in [0, 0.05) is 24.7 Å². The molecular weight excluding hydrogens is 252 g/mol. The van der Waals surface area contributed by atoms with Gasteiger partial charge in [-0.3, -0.25) is 9.69 Å². The predicted octanol–water partition coefficient (Wildman–Crippen LogP) is 2.26. The van der Waals surface area contributed by atoms with Crippen LogP contribution in [-0.2, 0) is 4.79 Å². The molecule has 0 saturated heterocycles. The number of aliphatic hydroxyl groups excluding tert-OH is 1. The zero-order chi connectivity index (χ0) is 15.3. The van der Waals surface area contributed by atoms with Crippen molar-refractivity contribution >= 4 is 5.91 Å². The fourth-order valence-electron chi connectivity index (χ4n) is 3.15. The molecule has 4 heteroatoms. The van der Waals surface area contributed by atoms with E-state index in [-0.39, 0.29) is 18.0 Å². The summed E-state index contributed by atoms with van der Waals surface area (Å²) in [5.41, 5.74) is 0. The molecule has 0 spiro atoms. The third-order valence-electron chi connectivity index (χ3n) is 4.13. The van der Waals surface area contributed by atoms with E-state index in [0.717, 1.165) is 12.8 Å². The van der Waals surface area contributed by atoms with Gasteiger partial charge in [-0.15, -0.1) is 0 Å². The lowest BCUT2D eigenvalue weighted by Gasteiger charge is -2.36. The quantitative estimate of drug-likeness (QED) is 0.780. The number of aliphatic hydroxyl groups is 1. The molecular formula is C16H32N2O2. The van der Waals surface area contributed by atoms with E-state index >= 15 is 0 Å². The minimum absolute atomic E-state index is 0.209. The number of carbonyl (C=O) groups is 1. The van der Waals surface area contributed by atoms with Crippen molar-refractivity contribution in [1.82, 2.24) is 9.80 Å². The second-order valence-electron chi connectivity index (χ2n) is 6.71. The number of carbonyl (C=O) groups excluding carboxylic acids is 1. The summed E-state index contributed by atoms with van der Waals surface area (Å²) in [6, 6.07) is 0.945. The Morgan fingerprint density at radius 1 is 1.10 bits per heavy atom. The first kappa shape index (κ1) is 17.4. The van der Waals surface area contributed by atoms with Gasteiger partial charge in [0.2, 0.25) is 5.91 Å². The van der Waals surface area contributed by atoms with Crippen molar-refractivity contribution in [3.8, 4) is 0 Å². The largest absolute Gasteiger partial charge is 0.392 e. The lowest BCUT2D eigenvalue weighted by atomic mass is 10.1. The standard InChI is InChI=1S/C16H32N2O2/c1-12(2)17(10-14(5)19)11-16(20)18(13(3)4)15-8-6-7-9-15/h12-15,19H,6-11H2,1-5H3. The van der Waals surface area contributed by atoms with Crippen LogP contribution in [0.4, 0.5) is 0 Å². The molecule has 1 unspecified atom stereocenters. The van der Waals surface area contributed by atoms with Gasteiger partial charge in [0.05, 0.1) is 12.6 Å². The average Bonchev–Trinajstić information content (AvgIpc) is 2.80. The zero-order valence-electron chi connectivity index (χ0n) is 13.8. The Hall–Kier alpha value is -0.610. The molecule has 1 atom stereocenters. The third kappa shape index (κ3) is 5.06. The molecule has 0 aromatic carbocycles. The first-order valence-corrected chi connectivity index (χ1v) is 8.06. The summed E-state index contributed by atoms with van der Waals surface area (Å²) >= 11 is 0. The molecule has 1 fully saturated rings. The Morgan fingerprint density at radius 2 is 1.65 bits per heavy atom. The molecule has 0 aromatic rings. The van der Waals surface area contributed by atoms with Crippen LogP contribution < -0.4 is 0 Å². The maximum atomic E-state index is 12.7. The van der Waals surface area contributed by atoms with Crippen LogP contribution in [0, 0.1) is 0 Å². The molecule has 1 aliphatic carbocycles. The number of hydrogen-bond acceptors (Lipinski definition) is 3. The topological polar surface area (TPSA) is 43.8 Å². The lowest BCUT2D eigenvalue weighted by Crippen LogP contribution is -2.50. The smallest absolute Gasteiger partial charge is 0.237 e. The minimum Gasteiger partial charge on any atom is -0.392 e. The molecule has 0 aromatic heterocycles. The zero-order valence-corrected chi connectivity index (χ0v) is 13.8. The summed E-state index contributed by atoms with van der Waals surface area (Å²) in [5, 5.41) is 9.58. The first-order chi connectivity index (χ1) is 9.32. The Morgan fingerprint density at radius 3 is 2.05 bits per heavy atom. The van der Waals surface area contributed by atoms with Gasteiger partial charge in [0.15, 0.2) is 0 Å². The Labute approximate surface area is 124 Å². The predicted molar refractivity (Wildman–Crippen MR) is 82.6 cm³/mol. The van der Waals surface area contributed by atoms with Crippen LogP contribution in [0.1, 0.15) is 60.3 Å². The lowest BCUT2D eigenvalue weighted by molar-refractivity contribution is -0.137. The van der Waals surface area contributed by atoms with Crippen LogP contribution >= 0.6 is 0 Å². The van der Waals surface area contributed by atoms with Crippen molar-refractivity contribution in [3.63, 3.8) is 0 Å². The molecule has 118 valence electrons. The van der Waals surface area contributed by atoms with Crippen LogP contribution in [-0.4, -0.2) is 58.1 Å². The summed E-state index contributed by atoms with van der Waals surface area (Å²) in [6.45, 7) is 11.1. The monoisotopic (exact) mass is 284 g/mol. The molecule has 1 N–H and O–H groups in total. The summed E-state index contributed by atoms with van der Waals surface area (Å²) in [7, 11) is 0. The van der Waals surface area contributed by atoms with Gasteiger partial charge in [0.25, 0.3) is 0 Å². The van der Waals surface area contributed by atoms with Crippen LogP contribution in [0.25, 0.3) is 0 Å².